The van der Waals surface area contributed by atoms with E-state index in [9.17, 15) is 10.2 Å². The third kappa shape index (κ3) is 2.51. The molecule has 0 unspecified atom stereocenters. The van der Waals surface area contributed by atoms with Crippen molar-refractivity contribution in [2.24, 2.45) is 0 Å². The van der Waals surface area contributed by atoms with E-state index in [1.165, 1.54) is 6.33 Å². The van der Waals surface area contributed by atoms with E-state index in [1.807, 2.05) is 18.2 Å². The minimum atomic E-state index is -1.46. The first-order valence-corrected chi connectivity index (χ1v) is 8.96. The second-order valence-corrected chi connectivity index (χ2v) is 7.30. The molecule has 2 aliphatic rings. The van der Waals surface area contributed by atoms with E-state index in [-0.39, 0.29) is 6.79 Å². The van der Waals surface area contributed by atoms with Crippen molar-refractivity contribution in [3.8, 4) is 11.5 Å². The van der Waals surface area contributed by atoms with Crippen LogP contribution in [0, 0.1) is 0 Å². The van der Waals surface area contributed by atoms with Gasteiger partial charge in [0, 0.05) is 12.6 Å². The van der Waals surface area contributed by atoms with E-state index in [1.54, 1.807) is 23.8 Å². The molecule has 0 amide bonds. The normalized spacial score (nSPS) is 28.9. The number of benzene rings is 1. The summed E-state index contributed by atoms with van der Waals surface area (Å²) in [6.45, 7) is 1.77. The third-order valence-electron chi connectivity index (χ3n) is 5.50. The highest BCUT2D eigenvalue weighted by atomic mass is 16.7. The number of hydrogen-bond donors (Lipinski definition) is 3. The number of nitrogen functional groups attached to an aromatic ring is 1. The smallest absolute Gasteiger partial charge is 0.231 e. The van der Waals surface area contributed by atoms with Gasteiger partial charge in [0.15, 0.2) is 17.7 Å². The standard InChI is InChI=1S/C19H20N4O5/c1-19(25)14(7-10-2-3-12-13(6-10)27-9-26-12)28-18(15(19)24)23-5-4-11-16(20)21-8-22-17(11)23/h2-6,8,14-15,18,24-25H,7,9H2,1H3,(H2,20,21,22)/t14-,15+,18-,19-/m1/s1. The van der Waals surface area contributed by atoms with Crippen molar-refractivity contribution in [1.82, 2.24) is 14.5 Å². The van der Waals surface area contributed by atoms with E-state index in [4.69, 9.17) is 19.9 Å². The van der Waals surface area contributed by atoms with Crippen LogP contribution in [0.25, 0.3) is 11.0 Å². The molecule has 3 aromatic rings. The Kier molecular flexibility index (Phi) is 3.73. The summed E-state index contributed by atoms with van der Waals surface area (Å²) >= 11 is 0. The van der Waals surface area contributed by atoms with Crippen molar-refractivity contribution in [3.05, 3.63) is 42.4 Å². The molecule has 9 heteroatoms. The van der Waals surface area contributed by atoms with E-state index in [0.29, 0.717) is 34.8 Å². The van der Waals surface area contributed by atoms with Crippen LogP contribution in [0.1, 0.15) is 18.7 Å². The number of ether oxygens (including phenoxy) is 3. The first-order valence-electron chi connectivity index (χ1n) is 8.96. The van der Waals surface area contributed by atoms with Crippen LogP contribution < -0.4 is 15.2 Å². The van der Waals surface area contributed by atoms with Gasteiger partial charge >= 0.3 is 0 Å². The van der Waals surface area contributed by atoms with Gasteiger partial charge < -0.3 is 34.7 Å². The number of anilines is 1. The summed E-state index contributed by atoms with van der Waals surface area (Å²) in [5, 5.41) is 22.4. The summed E-state index contributed by atoms with van der Waals surface area (Å²) in [6, 6.07) is 7.35. The van der Waals surface area contributed by atoms with Crippen LogP contribution >= 0.6 is 0 Å². The number of fused-ring (bicyclic) bond motifs is 2. The quantitative estimate of drug-likeness (QED) is 0.611. The monoisotopic (exact) mass is 384 g/mol. The average Bonchev–Trinajstić information content (AvgIpc) is 3.35. The molecule has 0 spiro atoms. The largest absolute Gasteiger partial charge is 0.454 e. The summed E-state index contributed by atoms with van der Waals surface area (Å²) < 4.78 is 18.5. The highest BCUT2D eigenvalue weighted by Crippen LogP contribution is 2.41. The molecule has 1 saturated heterocycles. The SMILES string of the molecule is C[C@@]1(O)[C@@H](Cc2ccc3c(c2)OCO3)O[C@@H](n2ccc3c(N)ncnc32)[C@@H]1O. The predicted octanol–water partition coefficient (Wildman–Crippen LogP) is 0.994. The molecule has 2 aromatic heterocycles. The lowest BCUT2D eigenvalue weighted by Crippen LogP contribution is -2.45. The van der Waals surface area contributed by atoms with Gasteiger partial charge in [0.05, 0.1) is 11.5 Å². The van der Waals surface area contributed by atoms with Crippen LogP contribution in [0.2, 0.25) is 0 Å². The molecule has 28 heavy (non-hydrogen) atoms. The highest BCUT2D eigenvalue weighted by molar-refractivity contribution is 5.86. The predicted molar refractivity (Wildman–Crippen MR) is 98.8 cm³/mol. The molecular weight excluding hydrogens is 364 g/mol. The molecule has 9 nitrogen and oxygen atoms in total. The summed E-state index contributed by atoms with van der Waals surface area (Å²) in [5.41, 5.74) is 5.88. The van der Waals surface area contributed by atoms with Crippen LogP contribution in [0.4, 0.5) is 5.82 Å². The topological polar surface area (TPSA) is 125 Å². The maximum atomic E-state index is 11.0. The first kappa shape index (κ1) is 17.2. The Labute approximate surface area is 160 Å². The van der Waals surface area contributed by atoms with E-state index in [0.717, 1.165) is 5.56 Å². The van der Waals surface area contributed by atoms with Gasteiger partial charge in [-0.25, -0.2) is 9.97 Å². The summed E-state index contributed by atoms with van der Waals surface area (Å²) in [4.78, 5) is 8.22. The fraction of sp³-hybridized carbons (Fsp3) is 0.368. The second kappa shape index (κ2) is 6.06. The minimum absolute atomic E-state index is 0.197. The van der Waals surface area contributed by atoms with E-state index < -0.39 is 24.0 Å². The maximum absolute atomic E-state index is 11.0. The lowest BCUT2D eigenvalue weighted by molar-refractivity contribution is -0.0626. The third-order valence-corrected chi connectivity index (χ3v) is 5.50. The number of hydrogen-bond acceptors (Lipinski definition) is 8. The Morgan fingerprint density at radius 1 is 1.25 bits per heavy atom. The van der Waals surface area contributed by atoms with Crippen molar-refractivity contribution in [3.63, 3.8) is 0 Å². The van der Waals surface area contributed by atoms with Crippen molar-refractivity contribution < 1.29 is 24.4 Å². The van der Waals surface area contributed by atoms with Crippen molar-refractivity contribution in [1.29, 1.82) is 0 Å². The molecule has 0 radical (unpaired) electrons. The Hall–Kier alpha value is -2.88. The van der Waals surface area contributed by atoms with Crippen molar-refractivity contribution in [2.75, 3.05) is 12.5 Å². The molecule has 4 N–H and O–H groups in total. The number of aliphatic hydroxyl groups is 2. The molecule has 0 aliphatic carbocycles. The summed E-state index contributed by atoms with van der Waals surface area (Å²) in [5.74, 6) is 1.70. The lowest BCUT2D eigenvalue weighted by atomic mass is 9.90. The summed E-state index contributed by atoms with van der Waals surface area (Å²) in [6.07, 6.45) is 0.886. The number of rotatable bonds is 3. The van der Waals surface area contributed by atoms with E-state index >= 15 is 0 Å². The molecule has 1 aromatic carbocycles. The minimum Gasteiger partial charge on any atom is -0.454 e. The molecule has 0 saturated carbocycles. The Bertz CT molecular complexity index is 1050. The Morgan fingerprint density at radius 2 is 2.07 bits per heavy atom. The number of nitrogens with zero attached hydrogens (tertiary/aromatic N) is 3. The molecule has 146 valence electrons. The zero-order valence-electron chi connectivity index (χ0n) is 15.1. The maximum Gasteiger partial charge on any atom is 0.231 e. The fourth-order valence-corrected chi connectivity index (χ4v) is 3.81. The molecule has 4 atom stereocenters. The van der Waals surface area contributed by atoms with Crippen LogP contribution in [0.5, 0.6) is 11.5 Å². The van der Waals surface area contributed by atoms with Gasteiger partial charge in [0.25, 0.3) is 0 Å². The Morgan fingerprint density at radius 3 is 2.93 bits per heavy atom. The van der Waals surface area contributed by atoms with Crippen molar-refractivity contribution in [2.45, 2.75) is 37.4 Å². The van der Waals surface area contributed by atoms with Crippen LogP contribution in [0.15, 0.2) is 36.8 Å². The van der Waals surface area contributed by atoms with Crippen LogP contribution in [-0.4, -0.2) is 49.4 Å². The molecule has 4 heterocycles. The molecule has 2 aliphatic heterocycles. The molecule has 1 fully saturated rings. The molecular formula is C19H20N4O5. The summed E-state index contributed by atoms with van der Waals surface area (Å²) in [7, 11) is 0. The van der Waals surface area contributed by atoms with Crippen LogP contribution in [-0.2, 0) is 11.2 Å². The number of aliphatic hydroxyl groups excluding tert-OH is 1. The fourth-order valence-electron chi connectivity index (χ4n) is 3.81. The van der Waals surface area contributed by atoms with Gasteiger partial charge in [-0.3, -0.25) is 0 Å². The van der Waals surface area contributed by atoms with Crippen LogP contribution in [0.3, 0.4) is 0 Å². The molecule has 0 bridgehead atoms. The Balaban J connectivity index is 1.45. The molecule has 5 rings (SSSR count). The van der Waals surface area contributed by atoms with Gasteiger partial charge in [-0.15, -0.1) is 0 Å². The second-order valence-electron chi connectivity index (χ2n) is 7.30. The zero-order valence-corrected chi connectivity index (χ0v) is 15.1. The first-order chi connectivity index (χ1) is 13.4. The van der Waals surface area contributed by atoms with Gasteiger partial charge in [-0.2, -0.15) is 0 Å². The van der Waals surface area contributed by atoms with Gasteiger partial charge in [0.2, 0.25) is 6.79 Å². The van der Waals surface area contributed by atoms with Gasteiger partial charge in [-0.1, -0.05) is 6.07 Å². The highest BCUT2D eigenvalue weighted by Gasteiger charge is 2.52. The van der Waals surface area contributed by atoms with Gasteiger partial charge in [-0.05, 0) is 30.7 Å². The number of nitrogens with two attached hydrogens (primary N) is 1. The van der Waals surface area contributed by atoms with Gasteiger partial charge in [0.1, 0.15) is 29.5 Å². The zero-order chi connectivity index (χ0) is 19.5. The lowest BCUT2D eigenvalue weighted by Gasteiger charge is -2.26. The van der Waals surface area contributed by atoms with Crippen molar-refractivity contribution >= 4 is 16.9 Å². The van der Waals surface area contributed by atoms with E-state index in [2.05, 4.69) is 9.97 Å². The number of aromatic nitrogens is 3. The average molecular weight is 384 g/mol.